The van der Waals surface area contributed by atoms with E-state index in [0.29, 0.717) is 45.7 Å². The molecule has 0 aliphatic carbocycles. The molecule has 0 spiro atoms. The van der Waals surface area contributed by atoms with Gasteiger partial charge in [-0.2, -0.15) is 0 Å². The van der Waals surface area contributed by atoms with Gasteiger partial charge in [0.2, 0.25) is 0 Å². The quantitative estimate of drug-likeness (QED) is 0.452. The van der Waals surface area contributed by atoms with E-state index in [2.05, 4.69) is 5.32 Å². The van der Waals surface area contributed by atoms with Gasteiger partial charge >= 0.3 is 0 Å². The fourth-order valence-electron chi connectivity index (χ4n) is 3.51. The molecule has 1 N–H and O–H groups in total. The Morgan fingerprint density at radius 3 is 2.48 bits per heavy atom. The summed E-state index contributed by atoms with van der Waals surface area (Å²) < 4.78 is 16.4. The van der Waals surface area contributed by atoms with Crippen LogP contribution in [0.4, 0.5) is 11.4 Å². The van der Waals surface area contributed by atoms with Crippen molar-refractivity contribution in [2.24, 2.45) is 0 Å². The number of rotatable bonds is 9. The van der Waals surface area contributed by atoms with E-state index in [9.17, 15) is 9.59 Å². The predicted molar refractivity (Wildman–Crippen MR) is 129 cm³/mol. The summed E-state index contributed by atoms with van der Waals surface area (Å²) in [4.78, 5) is 29.0. The number of ether oxygens (including phenoxy) is 3. The van der Waals surface area contributed by atoms with Crippen LogP contribution in [0.1, 0.15) is 18.2 Å². The van der Waals surface area contributed by atoms with Gasteiger partial charge in [-0.1, -0.05) is 19.1 Å². The summed E-state index contributed by atoms with van der Waals surface area (Å²) in [5.41, 5.74) is 1.46. The highest BCUT2D eigenvalue weighted by molar-refractivity contribution is 7.11. The number of carbonyl (C=O) groups is 2. The number of amides is 2. The Kier molecular flexibility index (Phi) is 6.65. The minimum atomic E-state index is -0.477. The maximum atomic E-state index is 13.6. The van der Waals surface area contributed by atoms with Crippen LogP contribution in [0, 0.1) is 0 Å². The molecule has 33 heavy (non-hydrogen) atoms. The lowest BCUT2D eigenvalue weighted by Gasteiger charge is -2.19. The maximum Gasteiger partial charge on any atom is 0.282 e. The van der Waals surface area contributed by atoms with Crippen molar-refractivity contribution < 1.29 is 23.8 Å². The van der Waals surface area contributed by atoms with E-state index in [1.807, 2.05) is 42.6 Å². The molecule has 1 aliphatic heterocycles. The van der Waals surface area contributed by atoms with Gasteiger partial charge in [0.25, 0.3) is 11.8 Å². The molecule has 170 valence electrons. The summed E-state index contributed by atoms with van der Waals surface area (Å²) in [7, 11) is 3.01. The minimum absolute atomic E-state index is 0.194. The van der Waals surface area contributed by atoms with Gasteiger partial charge in [0.1, 0.15) is 22.9 Å². The first-order valence-electron chi connectivity index (χ1n) is 10.5. The van der Waals surface area contributed by atoms with Crippen LogP contribution in [0.3, 0.4) is 0 Å². The average molecular weight is 465 g/mol. The van der Waals surface area contributed by atoms with Gasteiger partial charge in [0.15, 0.2) is 0 Å². The summed E-state index contributed by atoms with van der Waals surface area (Å²) in [6, 6.07) is 16.0. The highest BCUT2D eigenvalue weighted by atomic mass is 32.1. The molecule has 7 nitrogen and oxygen atoms in total. The first kappa shape index (κ1) is 22.4. The van der Waals surface area contributed by atoms with E-state index in [1.165, 1.54) is 25.6 Å². The fraction of sp³-hybridized carbons (Fsp3) is 0.200. The van der Waals surface area contributed by atoms with Crippen LogP contribution in [0.5, 0.6) is 17.2 Å². The van der Waals surface area contributed by atoms with Gasteiger partial charge in [0, 0.05) is 22.7 Å². The molecular formula is C25H24N2O5S. The van der Waals surface area contributed by atoms with E-state index >= 15 is 0 Å². The lowest BCUT2D eigenvalue weighted by atomic mass is 10.2. The molecule has 0 bridgehead atoms. The lowest BCUT2D eigenvalue weighted by Crippen LogP contribution is -2.32. The second-order valence-corrected chi connectivity index (χ2v) is 8.16. The van der Waals surface area contributed by atoms with E-state index in [0.717, 1.165) is 11.3 Å². The van der Waals surface area contributed by atoms with E-state index in [1.54, 1.807) is 24.3 Å². The average Bonchev–Trinajstić information content (AvgIpc) is 3.44. The smallest absolute Gasteiger partial charge is 0.282 e. The van der Waals surface area contributed by atoms with Crippen molar-refractivity contribution in [1.82, 2.24) is 0 Å². The zero-order valence-electron chi connectivity index (χ0n) is 18.6. The van der Waals surface area contributed by atoms with Gasteiger partial charge in [-0.15, -0.1) is 11.3 Å². The van der Waals surface area contributed by atoms with Crippen molar-refractivity contribution in [1.29, 1.82) is 0 Å². The summed E-state index contributed by atoms with van der Waals surface area (Å²) in [5, 5.41) is 5.03. The number of nitrogens with one attached hydrogen (secondary N) is 1. The Hall–Kier alpha value is -3.78. The Balaban J connectivity index is 1.76. The number of nitrogens with zero attached hydrogens (tertiary/aromatic N) is 1. The van der Waals surface area contributed by atoms with Crippen molar-refractivity contribution in [2.75, 3.05) is 31.0 Å². The SMILES string of the molecule is CCCOc1cccc(NC2=C(c3cccs3)C(=O)N(c3cc(OC)ccc3OC)C2=O)c1. The third kappa shape index (κ3) is 4.42. The van der Waals surface area contributed by atoms with Crippen LogP contribution in [0.2, 0.25) is 0 Å². The van der Waals surface area contributed by atoms with Crippen molar-refractivity contribution >= 4 is 40.1 Å². The van der Waals surface area contributed by atoms with Crippen molar-refractivity contribution in [3.05, 3.63) is 70.6 Å². The molecule has 0 unspecified atom stereocenters. The molecule has 0 saturated heterocycles. The third-order valence-corrected chi connectivity index (χ3v) is 5.94. The predicted octanol–water partition coefficient (Wildman–Crippen LogP) is 4.95. The van der Waals surface area contributed by atoms with Crippen molar-refractivity contribution in [2.45, 2.75) is 13.3 Å². The zero-order valence-corrected chi connectivity index (χ0v) is 19.4. The first-order chi connectivity index (χ1) is 16.1. The van der Waals surface area contributed by atoms with Crippen LogP contribution in [0.15, 0.2) is 65.7 Å². The van der Waals surface area contributed by atoms with E-state index in [4.69, 9.17) is 14.2 Å². The highest BCUT2D eigenvalue weighted by Gasteiger charge is 2.42. The lowest BCUT2D eigenvalue weighted by molar-refractivity contribution is -0.120. The van der Waals surface area contributed by atoms with Crippen LogP contribution in [-0.4, -0.2) is 32.6 Å². The van der Waals surface area contributed by atoms with Gasteiger partial charge in [0.05, 0.1) is 32.1 Å². The van der Waals surface area contributed by atoms with Crippen LogP contribution in [0.25, 0.3) is 5.57 Å². The first-order valence-corrected chi connectivity index (χ1v) is 11.3. The number of carbonyl (C=O) groups excluding carboxylic acids is 2. The van der Waals surface area contributed by atoms with E-state index < -0.39 is 11.8 Å². The summed E-state index contributed by atoms with van der Waals surface area (Å²) in [5.74, 6) is 0.665. The van der Waals surface area contributed by atoms with E-state index in [-0.39, 0.29) is 5.70 Å². The molecule has 2 heterocycles. The molecule has 0 fully saturated rings. The number of anilines is 2. The van der Waals surface area contributed by atoms with Gasteiger partial charge in [-0.25, -0.2) is 4.90 Å². The molecule has 1 aliphatic rings. The zero-order chi connectivity index (χ0) is 23.4. The number of thiophene rings is 1. The molecule has 2 aromatic carbocycles. The maximum absolute atomic E-state index is 13.6. The molecular weight excluding hydrogens is 440 g/mol. The monoisotopic (exact) mass is 464 g/mol. The minimum Gasteiger partial charge on any atom is -0.497 e. The van der Waals surface area contributed by atoms with Gasteiger partial charge in [-0.05, 0) is 42.1 Å². The number of imide groups is 1. The van der Waals surface area contributed by atoms with Crippen LogP contribution in [-0.2, 0) is 9.59 Å². The standard InChI is InChI=1S/C25H24N2O5S/c1-4-12-32-18-8-5-7-16(14-18)26-23-22(21-9-6-13-33-21)24(28)27(25(23)29)19-15-17(30-2)10-11-20(19)31-3/h5-11,13-15,26H,4,12H2,1-3H3. The summed E-state index contributed by atoms with van der Waals surface area (Å²) in [6.07, 6.45) is 0.885. The Morgan fingerprint density at radius 2 is 1.79 bits per heavy atom. The third-order valence-electron chi connectivity index (χ3n) is 5.05. The van der Waals surface area contributed by atoms with Crippen LogP contribution < -0.4 is 24.4 Å². The van der Waals surface area contributed by atoms with Crippen LogP contribution >= 0.6 is 11.3 Å². The topological polar surface area (TPSA) is 77.1 Å². The largest absolute Gasteiger partial charge is 0.497 e. The fourth-order valence-corrected chi connectivity index (χ4v) is 4.28. The highest BCUT2D eigenvalue weighted by Crippen LogP contribution is 2.40. The number of hydrogen-bond donors (Lipinski definition) is 1. The molecule has 0 radical (unpaired) electrons. The Labute approximate surface area is 196 Å². The second kappa shape index (κ2) is 9.79. The Morgan fingerprint density at radius 1 is 0.939 bits per heavy atom. The molecule has 1 aromatic heterocycles. The molecule has 2 amide bonds. The van der Waals surface area contributed by atoms with Gasteiger partial charge < -0.3 is 19.5 Å². The molecule has 8 heteroatoms. The van der Waals surface area contributed by atoms with Crippen molar-refractivity contribution in [3.63, 3.8) is 0 Å². The summed E-state index contributed by atoms with van der Waals surface area (Å²) >= 11 is 1.39. The summed E-state index contributed by atoms with van der Waals surface area (Å²) in [6.45, 7) is 2.62. The molecule has 0 atom stereocenters. The molecule has 4 rings (SSSR count). The molecule has 0 saturated carbocycles. The Bertz CT molecular complexity index is 1200. The normalized spacial score (nSPS) is 13.5. The number of methoxy groups -OCH3 is 2. The second-order valence-electron chi connectivity index (χ2n) is 7.21. The van der Waals surface area contributed by atoms with Crippen molar-refractivity contribution in [3.8, 4) is 17.2 Å². The molecule has 3 aromatic rings. The van der Waals surface area contributed by atoms with Gasteiger partial charge in [-0.3, -0.25) is 9.59 Å². The number of benzene rings is 2. The number of hydrogen-bond acceptors (Lipinski definition) is 7.